The van der Waals surface area contributed by atoms with Gasteiger partial charge >= 0.3 is 0 Å². The first-order valence-electron chi connectivity index (χ1n) is 7.28. The van der Waals surface area contributed by atoms with Crippen molar-refractivity contribution in [1.29, 1.82) is 0 Å². The smallest absolute Gasteiger partial charge is 0.123 e. The molecule has 3 nitrogen and oxygen atoms in total. The van der Waals surface area contributed by atoms with E-state index in [-0.39, 0.29) is 0 Å². The fourth-order valence-electron chi connectivity index (χ4n) is 2.06. The minimum Gasteiger partial charge on any atom is -0.497 e. The molecule has 1 heterocycles. The van der Waals surface area contributed by atoms with E-state index in [0.29, 0.717) is 6.61 Å². The van der Waals surface area contributed by atoms with E-state index >= 15 is 0 Å². The van der Waals surface area contributed by atoms with Crippen LogP contribution in [0.3, 0.4) is 0 Å². The number of hydrogen-bond donors (Lipinski definition) is 1. The monoisotopic (exact) mass is 305 g/mol. The molecular weight excluding hydrogens is 282 g/mol. The Labute approximate surface area is 130 Å². The van der Waals surface area contributed by atoms with Crippen LogP contribution >= 0.6 is 11.3 Å². The topological polar surface area (TPSA) is 30.5 Å². The van der Waals surface area contributed by atoms with Gasteiger partial charge in [0.05, 0.1) is 7.11 Å². The SMILES string of the molecule is CCCNCc1cc(COc2cccc(OC)c2)c(C)s1. The van der Waals surface area contributed by atoms with Crippen LogP contribution < -0.4 is 14.8 Å². The molecule has 2 aromatic rings. The van der Waals surface area contributed by atoms with Crippen molar-refractivity contribution in [1.82, 2.24) is 5.32 Å². The summed E-state index contributed by atoms with van der Waals surface area (Å²) < 4.78 is 11.1. The van der Waals surface area contributed by atoms with E-state index in [1.54, 1.807) is 7.11 Å². The predicted molar refractivity (Wildman–Crippen MR) is 88.4 cm³/mol. The van der Waals surface area contributed by atoms with Crippen LogP contribution in [0.15, 0.2) is 30.3 Å². The fraction of sp³-hybridized carbons (Fsp3) is 0.412. The maximum absolute atomic E-state index is 5.86. The summed E-state index contributed by atoms with van der Waals surface area (Å²) in [6.45, 7) is 6.94. The predicted octanol–water partition coefficient (Wildman–Crippen LogP) is 4.14. The van der Waals surface area contributed by atoms with Gasteiger partial charge in [-0.3, -0.25) is 0 Å². The lowest BCUT2D eigenvalue weighted by molar-refractivity contribution is 0.303. The summed E-state index contributed by atoms with van der Waals surface area (Å²) in [4.78, 5) is 2.69. The number of ether oxygens (including phenoxy) is 2. The van der Waals surface area contributed by atoms with Crippen molar-refractivity contribution in [3.05, 3.63) is 45.6 Å². The Balaban J connectivity index is 1.93. The van der Waals surface area contributed by atoms with Gasteiger partial charge in [0.2, 0.25) is 0 Å². The molecule has 21 heavy (non-hydrogen) atoms. The highest BCUT2D eigenvalue weighted by Gasteiger charge is 2.06. The van der Waals surface area contributed by atoms with Gasteiger partial charge in [-0.25, -0.2) is 0 Å². The molecule has 0 atom stereocenters. The molecule has 0 saturated carbocycles. The minimum atomic E-state index is 0.600. The number of methoxy groups -OCH3 is 1. The van der Waals surface area contributed by atoms with Gasteiger partial charge in [0, 0.05) is 27.9 Å². The van der Waals surface area contributed by atoms with E-state index in [4.69, 9.17) is 9.47 Å². The molecule has 1 aromatic heterocycles. The Morgan fingerprint density at radius 1 is 1.19 bits per heavy atom. The molecule has 1 aromatic carbocycles. The van der Waals surface area contributed by atoms with Gasteiger partial charge in [-0.2, -0.15) is 0 Å². The number of thiophene rings is 1. The van der Waals surface area contributed by atoms with Crippen molar-refractivity contribution in [3.8, 4) is 11.5 Å². The third kappa shape index (κ3) is 4.76. The molecule has 0 amide bonds. The zero-order valence-corrected chi connectivity index (χ0v) is 13.8. The molecule has 0 aliphatic heterocycles. The summed E-state index contributed by atoms with van der Waals surface area (Å²) in [5.74, 6) is 1.66. The van der Waals surface area contributed by atoms with Gasteiger partial charge in [-0.05, 0) is 38.1 Å². The van der Waals surface area contributed by atoms with Crippen molar-refractivity contribution >= 4 is 11.3 Å². The molecule has 0 aliphatic carbocycles. The lowest BCUT2D eigenvalue weighted by Gasteiger charge is -2.07. The van der Waals surface area contributed by atoms with E-state index < -0.39 is 0 Å². The van der Waals surface area contributed by atoms with Crippen LogP contribution in [-0.2, 0) is 13.2 Å². The zero-order valence-electron chi connectivity index (χ0n) is 12.9. The summed E-state index contributed by atoms with van der Waals surface area (Å²) in [6, 6.07) is 9.96. The quantitative estimate of drug-likeness (QED) is 0.743. The Hall–Kier alpha value is -1.52. The molecule has 0 bridgehead atoms. The van der Waals surface area contributed by atoms with E-state index in [1.165, 1.54) is 15.3 Å². The number of rotatable bonds is 8. The maximum Gasteiger partial charge on any atom is 0.123 e. The number of aryl methyl sites for hydroxylation is 1. The normalized spacial score (nSPS) is 10.6. The number of nitrogens with one attached hydrogen (secondary N) is 1. The second-order valence-corrected chi connectivity index (χ2v) is 6.28. The van der Waals surface area contributed by atoms with Crippen molar-refractivity contribution < 1.29 is 9.47 Å². The summed E-state index contributed by atoms with van der Waals surface area (Å²) in [5.41, 5.74) is 1.26. The van der Waals surface area contributed by atoms with Crippen molar-refractivity contribution in [2.75, 3.05) is 13.7 Å². The van der Waals surface area contributed by atoms with Gasteiger partial charge < -0.3 is 14.8 Å². The standard InChI is InChI=1S/C17H23NO2S/c1-4-8-18-11-17-9-14(13(2)21-17)12-20-16-7-5-6-15(10-16)19-3/h5-7,9-10,18H,4,8,11-12H2,1-3H3. The van der Waals surface area contributed by atoms with Crippen LogP contribution in [0.1, 0.15) is 28.7 Å². The Morgan fingerprint density at radius 2 is 2.00 bits per heavy atom. The molecule has 2 rings (SSSR count). The van der Waals surface area contributed by atoms with E-state index in [0.717, 1.165) is 31.0 Å². The molecule has 1 N–H and O–H groups in total. The van der Waals surface area contributed by atoms with Crippen molar-refractivity contribution in [3.63, 3.8) is 0 Å². The van der Waals surface area contributed by atoms with E-state index in [9.17, 15) is 0 Å². The van der Waals surface area contributed by atoms with Gasteiger partial charge in [-0.1, -0.05) is 13.0 Å². The van der Waals surface area contributed by atoms with E-state index in [1.807, 2.05) is 35.6 Å². The molecule has 0 unspecified atom stereocenters. The third-order valence-corrected chi connectivity index (χ3v) is 4.33. The molecule has 114 valence electrons. The van der Waals surface area contributed by atoms with E-state index in [2.05, 4.69) is 25.2 Å². The average Bonchev–Trinajstić information content (AvgIpc) is 2.86. The Bertz CT molecular complexity index is 566. The van der Waals surface area contributed by atoms with Crippen LogP contribution in [0.2, 0.25) is 0 Å². The van der Waals surface area contributed by atoms with Gasteiger partial charge in [0.15, 0.2) is 0 Å². The summed E-state index contributed by atoms with van der Waals surface area (Å²) in [5, 5.41) is 3.43. The van der Waals surface area contributed by atoms with Crippen LogP contribution in [0, 0.1) is 6.92 Å². The van der Waals surface area contributed by atoms with Crippen molar-refractivity contribution in [2.24, 2.45) is 0 Å². The Morgan fingerprint density at radius 3 is 2.76 bits per heavy atom. The summed E-state index contributed by atoms with van der Waals surface area (Å²) in [7, 11) is 1.66. The summed E-state index contributed by atoms with van der Waals surface area (Å²) in [6.07, 6.45) is 1.16. The first-order chi connectivity index (χ1) is 10.2. The molecule has 0 saturated heterocycles. The van der Waals surface area contributed by atoms with Gasteiger partial charge in [-0.15, -0.1) is 11.3 Å². The molecular formula is C17H23NO2S. The average molecular weight is 305 g/mol. The summed E-state index contributed by atoms with van der Waals surface area (Å²) >= 11 is 1.84. The van der Waals surface area contributed by atoms with Crippen molar-refractivity contribution in [2.45, 2.75) is 33.4 Å². The second kappa shape index (κ2) is 8.05. The Kier molecular flexibility index (Phi) is 6.08. The first kappa shape index (κ1) is 15.9. The molecule has 0 radical (unpaired) electrons. The van der Waals surface area contributed by atoms with Crippen LogP contribution in [0.5, 0.6) is 11.5 Å². The molecule has 0 spiro atoms. The third-order valence-electron chi connectivity index (χ3n) is 3.23. The maximum atomic E-state index is 5.86. The fourth-order valence-corrected chi connectivity index (χ4v) is 3.08. The molecule has 4 heteroatoms. The lowest BCUT2D eigenvalue weighted by Crippen LogP contribution is -2.12. The second-order valence-electron chi connectivity index (χ2n) is 4.94. The molecule has 0 fully saturated rings. The largest absolute Gasteiger partial charge is 0.497 e. The highest BCUT2D eigenvalue weighted by Crippen LogP contribution is 2.24. The highest BCUT2D eigenvalue weighted by atomic mass is 32.1. The van der Waals surface area contributed by atoms with Gasteiger partial charge in [0.1, 0.15) is 18.1 Å². The van der Waals surface area contributed by atoms with Crippen LogP contribution in [-0.4, -0.2) is 13.7 Å². The zero-order chi connectivity index (χ0) is 15.1. The lowest BCUT2D eigenvalue weighted by atomic mass is 10.2. The highest BCUT2D eigenvalue weighted by molar-refractivity contribution is 7.12. The number of benzene rings is 1. The minimum absolute atomic E-state index is 0.600. The first-order valence-corrected chi connectivity index (χ1v) is 8.10. The van der Waals surface area contributed by atoms with Crippen LogP contribution in [0.25, 0.3) is 0 Å². The van der Waals surface area contributed by atoms with Crippen LogP contribution in [0.4, 0.5) is 0 Å². The number of hydrogen-bond acceptors (Lipinski definition) is 4. The molecule has 0 aliphatic rings. The van der Waals surface area contributed by atoms with Gasteiger partial charge in [0.25, 0.3) is 0 Å².